The van der Waals surface area contributed by atoms with Crippen molar-refractivity contribution in [3.63, 3.8) is 0 Å². The summed E-state index contributed by atoms with van der Waals surface area (Å²) in [7, 11) is 0. The van der Waals surface area contributed by atoms with Gasteiger partial charge in [0, 0.05) is 0 Å². The molecule has 0 aliphatic rings. The van der Waals surface area contributed by atoms with Crippen LogP contribution in [0.3, 0.4) is 0 Å². The van der Waals surface area contributed by atoms with Gasteiger partial charge in [0.2, 0.25) is 0 Å². The van der Waals surface area contributed by atoms with Crippen LogP contribution >= 0.6 is 0 Å². The number of carbonyl (C=O) groups excluding carboxylic acids is 1. The van der Waals surface area contributed by atoms with Gasteiger partial charge in [0.05, 0.1) is 17.2 Å². The van der Waals surface area contributed by atoms with Gasteiger partial charge in [0.15, 0.2) is 0 Å². The van der Waals surface area contributed by atoms with Crippen LogP contribution in [0.15, 0.2) is 24.3 Å². The highest BCUT2D eigenvalue weighted by Crippen LogP contribution is 2.07. The number of rotatable bonds is 3. The lowest BCUT2D eigenvalue weighted by Crippen LogP contribution is -2.11. The molecule has 0 saturated carbocycles. The number of carboxylic acids is 1. The molecule has 0 aliphatic heterocycles. The lowest BCUT2D eigenvalue weighted by molar-refractivity contribution is 0.0377. The van der Waals surface area contributed by atoms with Crippen molar-refractivity contribution in [1.82, 2.24) is 0 Å². The number of carbonyl (C=O) groups is 2. The van der Waals surface area contributed by atoms with E-state index in [1.807, 2.05) is 0 Å². The Kier molecular flexibility index (Phi) is 3.44. The number of aromatic carboxylic acids is 1. The van der Waals surface area contributed by atoms with Crippen molar-refractivity contribution in [1.29, 1.82) is 0 Å². The summed E-state index contributed by atoms with van der Waals surface area (Å²) >= 11 is 0. The third-order valence-corrected chi connectivity index (χ3v) is 1.71. The standard InChI is InChI=1S/C11H12O4/c1-7(2)15-11(14)9-5-3-8(4-6-9)10(12)13/h3-7H,1-2H3,(H,12,13). The highest BCUT2D eigenvalue weighted by atomic mass is 16.5. The number of ether oxygens (including phenoxy) is 1. The minimum atomic E-state index is -1.02. The zero-order valence-corrected chi connectivity index (χ0v) is 8.56. The van der Waals surface area contributed by atoms with Gasteiger partial charge in [-0.1, -0.05) is 0 Å². The average Bonchev–Trinajstić information content (AvgIpc) is 2.17. The molecule has 1 aromatic rings. The predicted octanol–water partition coefficient (Wildman–Crippen LogP) is 1.95. The van der Waals surface area contributed by atoms with Gasteiger partial charge in [0.1, 0.15) is 0 Å². The summed E-state index contributed by atoms with van der Waals surface area (Å²) in [5.41, 5.74) is 0.504. The Morgan fingerprint density at radius 3 is 2.00 bits per heavy atom. The molecular formula is C11H12O4. The minimum absolute atomic E-state index is 0.149. The van der Waals surface area contributed by atoms with Gasteiger partial charge < -0.3 is 9.84 Å². The second-order valence-electron chi connectivity index (χ2n) is 3.34. The van der Waals surface area contributed by atoms with Gasteiger partial charge in [-0.15, -0.1) is 0 Å². The SMILES string of the molecule is CC(C)OC(=O)c1ccc(C(=O)O)cc1. The molecule has 1 rings (SSSR count). The Hall–Kier alpha value is -1.84. The van der Waals surface area contributed by atoms with Crippen molar-refractivity contribution < 1.29 is 19.4 Å². The molecule has 0 amide bonds. The molecule has 0 spiro atoms. The smallest absolute Gasteiger partial charge is 0.338 e. The quantitative estimate of drug-likeness (QED) is 0.771. The topological polar surface area (TPSA) is 63.6 Å². The summed E-state index contributed by atoms with van der Waals surface area (Å²) in [6, 6.07) is 5.63. The van der Waals surface area contributed by atoms with Gasteiger partial charge in [-0.25, -0.2) is 9.59 Å². The van der Waals surface area contributed by atoms with Crippen molar-refractivity contribution in [3.8, 4) is 0 Å². The van der Waals surface area contributed by atoms with Crippen molar-refractivity contribution in [3.05, 3.63) is 35.4 Å². The first-order chi connectivity index (χ1) is 7.00. The zero-order valence-electron chi connectivity index (χ0n) is 8.56. The first kappa shape index (κ1) is 11.2. The first-order valence-electron chi connectivity index (χ1n) is 4.55. The van der Waals surface area contributed by atoms with Crippen LogP contribution in [-0.2, 0) is 4.74 Å². The lowest BCUT2D eigenvalue weighted by atomic mass is 10.1. The molecule has 0 aromatic heterocycles. The minimum Gasteiger partial charge on any atom is -0.478 e. The summed E-state index contributed by atoms with van der Waals surface area (Å²) in [5, 5.41) is 8.64. The normalized spacial score (nSPS) is 10.1. The number of hydrogen-bond acceptors (Lipinski definition) is 3. The molecule has 0 bridgehead atoms. The van der Waals surface area contributed by atoms with E-state index in [4.69, 9.17) is 9.84 Å². The van der Waals surface area contributed by atoms with Crippen LogP contribution in [0.2, 0.25) is 0 Å². The second kappa shape index (κ2) is 4.59. The van der Waals surface area contributed by atoms with E-state index in [1.54, 1.807) is 13.8 Å². The van der Waals surface area contributed by atoms with Crippen molar-refractivity contribution in [2.75, 3.05) is 0 Å². The van der Waals surface area contributed by atoms with Gasteiger partial charge >= 0.3 is 11.9 Å². The maximum Gasteiger partial charge on any atom is 0.338 e. The van der Waals surface area contributed by atoms with E-state index in [-0.39, 0.29) is 11.7 Å². The van der Waals surface area contributed by atoms with Crippen molar-refractivity contribution in [2.45, 2.75) is 20.0 Å². The Labute approximate surface area is 87.5 Å². The monoisotopic (exact) mass is 208 g/mol. The number of benzene rings is 1. The van der Waals surface area contributed by atoms with E-state index in [2.05, 4.69) is 0 Å². The van der Waals surface area contributed by atoms with Crippen LogP contribution in [0.25, 0.3) is 0 Å². The van der Waals surface area contributed by atoms with Crippen LogP contribution in [0.5, 0.6) is 0 Å². The predicted molar refractivity (Wildman–Crippen MR) is 54.0 cm³/mol. The molecule has 0 aliphatic carbocycles. The molecule has 4 nitrogen and oxygen atoms in total. The number of carboxylic acid groups (broad SMARTS) is 1. The molecule has 0 unspecified atom stereocenters. The van der Waals surface area contributed by atoms with Crippen molar-refractivity contribution >= 4 is 11.9 Å². The zero-order chi connectivity index (χ0) is 11.4. The molecule has 4 heteroatoms. The fourth-order valence-electron chi connectivity index (χ4n) is 1.03. The molecule has 0 heterocycles. The Balaban J connectivity index is 2.80. The third kappa shape index (κ3) is 3.09. The second-order valence-corrected chi connectivity index (χ2v) is 3.34. The summed E-state index contributed by atoms with van der Waals surface area (Å²) in [5.74, 6) is -1.46. The summed E-state index contributed by atoms with van der Waals surface area (Å²) in [6.07, 6.45) is -0.184. The average molecular weight is 208 g/mol. The van der Waals surface area contributed by atoms with Gasteiger partial charge in [0.25, 0.3) is 0 Å². The summed E-state index contributed by atoms with van der Waals surface area (Å²) in [6.45, 7) is 3.51. The Bertz CT molecular complexity index is 365. The van der Waals surface area contributed by atoms with Crippen LogP contribution in [0, 0.1) is 0 Å². The maximum atomic E-state index is 11.4. The summed E-state index contributed by atoms with van der Waals surface area (Å²) in [4.78, 5) is 21.9. The fraction of sp³-hybridized carbons (Fsp3) is 0.273. The maximum absolute atomic E-state index is 11.4. The highest BCUT2D eigenvalue weighted by Gasteiger charge is 2.09. The van der Waals surface area contributed by atoms with E-state index in [9.17, 15) is 9.59 Å². The van der Waals surface area contributed by atoms with Crippen LogP contribution in [0.4, 0.5) is 0 Å². The van der Waals surface area contributed by atoms with Crippen LogP contribution in [-0.4, -0.2) is 23.1 Å². The largest absolute Gasteiger partial charge is 0.478 e. The molecule has 80 valence electrons. The van der Waals surface area contributed by atoms with Gasteiger partial charge in [-0.05, 0) is 38.1 Å². The third-order valence-electron chi connectivity index (χ3n) is 1.71. The van der Waals surface area contributed by atoms with Crippen LogP contribution < -0.4 is 0 Å². The molecule has 15 heavy (non-hydrogen) atoms. The van der Waals surface area contributed by atoms with E-state index in [0.29, 0.717) is 5.56 Å². The number of esters is 1. The Morgan fingerprint density at radius 1 is 1.13 bits per heavy atom. The lowest BCUT2D eigenvalue weighted by Gasteiger charge is -2.07. The van der Waals surface area contributed by atoms with Crippen LogP contribution in [0.1, 0.15) is 34.6 Å². The molecule has 0 saturated heterocycles. The number of hydrogen-bond donors (Lipinski definition) is 1. The van der Waals surface area contributed by atoms with Gasteiger partial charge in [-0.2, -0.15) is 0 Å². The summed E-state index contributed by atoms with van der Waals surface area (Å²) < 4.78 is 4.95. The van der Waals surface area contributed by atoms with E-state index in [0.717, 1.165) is 0 Å². The van der Waals surface area contributed by atoms with Gasteiger partial charge in [-0.3, -0.25) is 0 Å². The van der Waals surface area contributed by atoms with E-state index >= 15 is 0 Å². The van der Waals surface area contributed by atoms with E-state index < -0.39 is 11.9 Å². The van der Waals surface area contributed by atoms with Crippen molar-refractivity contribution in [2.24, 2.45) is 0 Å². The Morgan fingerprint density at radius 2 is 1.60 bits per heavy atom. The molecule has 0 atom stereocenters. The highest BCUT2D eigenvalue weighted by molar-refractivity contribution is 5.92. The van der Waals surface area contributed by atoms with E-state index in [1.165, 1.54) is 24.3 Å². The fourth-order valence-corrected chi connectivity index (χ4v) is 1.03. The molecule has 1 N–H and O–H groups in total. The molecule has 1 aromatic carbocycles. The molecular weight excluding hydrogens is 196 g/mol. The molecule has 0 fully saturated rings. The molecule has 0 radical (unpaired) electrons. The first-order valence-corrected chi connectivity index (χ1v) is 4.55.